The summed E-state index contributed by atoms with van der Waals surface area (Å²) in [5.41, 5.74) is 0.938. The zero-order valence-electron chi connectivity index (χ0n) is 16.3. The van der Waals surface area contributed by atoms with Gasteiger partial charge in [0.2, 0.25) is 0 Å². The van der Waals surface area contributed by atoms with E-state index in [-0.39, 0.29) is 11.4 Å². The largest absolute Gasteiger partial charge is 0.496 e. The lowest BCUT2D eigenvalue weighted by molar-refractivity contribution is -0.137. The molecule has 1 atom stereocenters. The predicted octanol–water partition coefficient (Wildman–Crippen LogP) is 5.53. The number of hydrogen-bond acceptors (Lipinski definition) is 5. The Labute approximate surface area is 166 Å². The first kappa shape index (κ1) is 20.9. The van der Waals surface area contributed by atoms with E-state index in [2.05, 4.69) is 24.0 Å². The SMILES string of the molecule is COc1cc(C(F)(F)F)ccc1-c1nnc(SC2CCOC(C)(C)C2)cc1C. The molecule has 1 aliphatic heterocycles. The molecule has 4 nitrogen and oxygen atoms in total. The van der Waals surface area contributed by atoms with Crippen molar-refractivity contribution in [3.05, 3.63) is 35.4 Å². The maximum absolute atomic E-state index is 13.0. The number of thioether (sulfide) groups is 1. The van der Waals surface area contributed by atoms with E-state index < -0.39 is 11.7 Å². The van der Waals surface area contributed by atoms with Crippen molar-refractivity contribution in [2.75, 3.05) is 13.7 Å². The fourth-order valence-corrected chi connectivity index (χ4v) is 4.67. The molecule has 0 saturated carbocycles. The van der Waals surface area contributed by atoms with Crippen molar-refractivity contribution < 1.29 is 22.6 Å². The summed E-state index contributed by atoms with van der Waals surface area (Å²) in [5.74, 6) is 0.124. The van der Waals surface area contributed by atoms with E-state index in [1.54, 1.807) is 11.8 Å². The summed E-state index contributed by atoms with van der Waals surface area (Å²) in [4.78, 5) is 0. The van der Waals surface area contributed by atoms with Crippen LogP contribution in [0.4, 0.5) is 13.2 Å². The number of aryl methyl sites for hydroxylation is 1. The second kappa shape index (κ2) is 7.91. The van der Waals surface area contributed by atoms with Gasteiger partial charge in [-0.2, -0.15) is 13.2 Å². The monoisotopic (exact) mass is 412 g/mol. The van der Waals surface area contributed by atoms with Crippen LogP contribution in [0.5, 0.6) is 5.75 Å². The molecule has 1 saturated heterocycles. The van der Waals surface area contributed by atoms with Crippen LogP contribution in [0.15, 0.2) is 29.3 Å². The van der Waals surface area contributed by atoms with Crippen molar-refractivity contribution in [2.45, 2.75) is 55.7 Å². The van der Waals surface area contributed by atoms with Gasteiger partial charge in [-0.15, -0.1) is 22.0 Å². The Kier molecular flexibility index (Phi) is 5.91. The molecule has 2 heterocycles. The van der Waals surface area contributed by atoms with Crippen molar-refractivity contribution in [1.29, 1.82) is 0 Å². The van der Waals surface area contributed by atoms with Crippen LogP contribution < -0.4 is 4.74 Å². The third kappa shape index (κ3) is 4.78. The number of benzene rings is 1. The molecule has 152 valence electrons. The minimum Gasteiger partial charge on any atom is -0.496 e. The number of aromatic nitrogens is 2. The van der Waals surface area contributed by atoms with E-state index in [0.717, 1.165) is 42.2 Å². The first-order valence-corrected chi connectivity index (χ1v) is 9.87. The fraction of sp³-hybridized carbons (Fsp3) is 0.500. The first-order chi connectivity index (χ1) is 13.1. The minimum atomic E-state index is -4.43. The predicted molar refractivity (Wildman–Crippen MR) is 103 cm³/mol. The van der Waals surface area contributed by atoms with Gasteiger partial charge in [0.25, 0.3) is 0 Å². The molecule has 0 spiro atoms. The van der Waals surface area contributed by atoms with E-state index in [1.807, 2.05) is 13.0 Å². The lowest BCUT2D eigenvalue weighted by atomic mass is 9.98. The third-order valence-corrected chi connectivity index (χ3v) is 5.86. The molecular formula is C20H23F3N2O2S. The first-order valence-electron chi connectivity index (χ1n) is 8.99. The molecule has 1 aromatic carbocycles. The van der Waals surface area contributed by atoms with Crippen molar-refractivity contribution >= 4 is 11.8 Å². The fourth-order valence-electron chi connectivity index (χ4n) is 3.29. The van der Waals surface area contributed by atoms with Crippen LogP contribution in [0, 0.1) is 6.92 Å². The van der Waals surface area contributed by atoms with Crippen molar-refractivity contribution in [3.8, 4) is 17.0 Å². The van der Waals surface area contributed by atoms with Gasteiger partial charge in [0, 0.05) is 17.4 Å². The van der Waals surface area contributed by atoms with Gasteiger partial charge in [0.15, 0.2) is 0 Å². The second-order valence-corrected chi connectivity index (χ2v) is 8.79. The highest BCUT2D eigenvalue weighted by atomic mass is 32.2. The minimum absolute atomic E-state index is 0.124. The van der Waals surface area contributed by atoms with Crippen molar-refractivity contribution in [3.63, 3.8) is 0 Å². The van der Waals surface area contributed by atoms with Crippen LogP contribution in [-0.4, -0.2) is 34.8 Å². The summed E-state index contributed by atoms with van der Waals surface area (Å²) in [7, 11) is 1.35. The summed E-state index contributed by atoms with van der Waals surface area (Å²) in [6.07, 6.45) is -2.55. The van der Waals surface area contributed by atoms with E-state index in [9.17, 15) is 13.2 Å². The number of nitrogens with zero attached hydrogens (tertiary/aromatic N) is 2. The smallest absolute Gasteiger partial charge is 0.416 e. The van der Waals surface area contributed by atoms with Gasteiger partial charge in [-0.3, -0.25) is 0 Å². The zero-order chi connectivity index (χ0) is 20.5. The Bertz CT molecular complexity index is 856. The average molecular weight is 412 g/mol. The van der Waals surface area contributed by atoms with E-state index in [1.165, 1.54) is 13.2 Å². The molecule has 0 radical (unpaired) electrons. The molecule has 1 aliphatic rings. The molecule has 1 fully saturated rings. The normalized spacial score (nSPS) is 19.5. The standard InChI is InChI=1S/C20H23F3N2O2S/c1-12-9-17(28-14-7-8-27-19(2,3)11-14)24-25-18(12)15-6-5-13(20(21,22)23)10-16(15)26-4/h5-6,9-10,14H,7-8,11H2,1-4H3. The molecule has 8 heteroatoms. The number of ether oxygens (including phenoxy) is 2. The molecule has 1 aromatic heterocycles. The number of halogens is 3. The molecular weight excluding hydrogens is 389 g/mol. The van der Waals surface area contributed by atoms with Crippen molar-refractivity contribution in [1.82, 2.24) is 10.2 Å². The van der Waals surface area contributed by atoms with Crippen LogP contribution in [0.3, 0.4) is 0 Å². The Hall–Kier alpha value is -1.80. The van der Waals surface area contributed by atoms with Gasteiger partial charge in [0.05, 0.1) is 24.0 Å². The average Bonchev–Trinajstić information content (AvgIpc) is 2.60. The third-order valence-electron chi connectivity index (χ3n) is 4.69. The number of rotatable bonds is 4. The molecule has 1 unspecified atom stereocenters. The Balaban J connectivity index is 1.85. The highest BCUT2D eigenvalue weighted by molar-refractivity contribution is 7.99. The summed E-state index contributed by atoms with van der Waals surface area (Å²) in [6, 6.07) is 5.33. The maximum atomic E-state index is 13.0. The van der Waals surface area contributed by atoms with E-state index >= 15 is 0 Å². The zero-order valence-corrected chi connectivity index (χ0v) is 17.1. The maximum Gasteiger partial charge on any atom is 0.416 e. The topological polar surface area (TPSA) is 44.2 Å². The number of alkyl halides is 3. The summed E-state index contributed by atoms with van der Waals surface area (Å²) >= 11 is 1.67. The summed E-state index contributed by atoms with van der Waals surface area (Å²) in [5, 5.41) is 9.78. The molecule has 3 rings (SSSR count). The summed E-state index contributed by atoms with van der Waals surface area (Å²) in [6.45, 7) is 6.75. The van der Waals surface area contributed by atoms with E-state index in [0.29, 0.717) is 16.5 Å². The lowest BCUT2D eigenvalue weighted by Gasteiger charge is -2.34. The van der Waals surface area contributed by atoms with Crippen LogP contribution in [0.1, 0.15) is 37.8 Å². The van der Waals surface area contributed by atoms with E-state index in [4.69, 9.17) is 9.47 Å². The van der Waals surface area contributed by atoms with Gasteiger partial charge in [-0.05, 0) is 63.4 Å². The molecule has 28 heavy (non-hydrogen) atoms. The lowest BCUT2D eigenvalue weighted by Crippen LogP contribution is -2.35. The Morgan fingerprint density at radius 2 is 1.96 bits per heavy atom. The van der Waals surface area contributed by atoms with Gasteiger partial charge in [0.1, 0.15) is 10.8 Å². The summed E-state index contributed by atoms with van der Waals surface area (Å²) < 4.78 is 49.8. The highest BCUT2D eigenvalue weighted by Crippen LogP contribution is 2.39. The van der Waals surface area contributed by atoms with Gasteiger partial charge in [-0.25, -0.2) is 0 Å². The van der Waals surface area contributed by atoms with Crippen LogP contribution in [-0.2, 0) is 10.9 Å². The quantitative estimate of drug-likeness (QED) is 0.661. The van der Waals surface area contributed by atoms with Gasteiger partial charge < -0.3 is 9.47 Å². The molecule has 0 aliphatic carbocycles. The molecule has 0 amide bonds. The van der Waals surface area contributed by atoms with Crippen LogP contribution in [0.25, 0.3) is 11.3 Å². The van der Waals surface area contributed by atoms with Crippen LogP contribution >= 0.6 is 11.8 Å². The Morgan fingerprint density at radius 3 is 2.57 bits per heavy atom. The number of hydrogen-bond donors (Lipinski definition) is 0. The second-order valence-electron chi connectivity index (χ2n) is 7.47. The van der Waals surface area contributed by atoms with Gasteiger partial charge in [-0.1, -0.05) is 0 Å². The van der Waals surface area contributed by atoms with Gasteiger partial charge >= 0.3 is 6.18 Å². The molecule has 0 bridgehead atoms. The van der Waals surface area contributed by atoms with Crippen molar-refractivity contribution in [2.24, 2.45) is 0 Å². The van der Waals surface area contributed by atoms with Crippen LogP contribution in [0.2, 0.25) is 0 Å². The number of methoxy groups -OCH3 is 1. The molecule has 2 aromatic rings. The highest BCUT2D eigenvalue weighted by Gasteiger charge is 2.32. The Morgan fingerprint density at radius 1 is 1.21 bits per heavy atom. The molecule has 0 N–H and O–H groups in total.